The third-order valence-electron chi connectivity index (χ3n) is 4.42. The number of nitrogens with two attached hydrogens (primary N) is 1. The monoisotopic (exact) mass is 433 g/mol. The quantitative estimate of drug-likeness (QED) is 0.370. The van der Waals surface area contributed by atoms with Crippen molar-refractivity contribution in [2.45, 2.75) is 29.1 Å². The minimum absolute atomic E-state index is 0.00873. The molecule has 0 spiro atoms. The van der Waals surface area contributed by atoms with Crippen LogP contribution in [0.2, 0.25) is 0 Å². The van der Waals surface area contributed by atoms with Crippen LogP contribution in [-0.2, 0) is 9.59 Å². The van der Waals surface area contributed by atoms with Crippen molar-refractivity contribution in [2.75, 3.05) is 5.75 Å². The number of aromatic amines is 1. The average Bonchev–Trinajstić information content (AvgIpc) is 3.19. The van der Waals surface area contributed by atoms with E-state index < -0.39 is 11.9 Å². The summed E-state index contributed by atoms with van der Waals surface area (Å²) < 4.78 is 5.46. The number of primary amides is 1. The van der Waals surface area contributed by atoms with Crippen LogP contribution in [0.1, 0.15) is 23.7 Å². The summed E-state index contributed by atoms with van der Waals surface area (Å²) in [7, 11) is 0. The van der Waals surface area contributed by atoms with E-state index in [2.05, 4.69) is 25.6 Å². The van der Waals surface area contributed by atoms with E-state index in [-0.39, 0.29) is 33.5 Å². The highest BCUT2D eigenvalue weighted by Gasteiger charge is 2.46. The van der Waals surface area contributed by atoms with Crippen LogP contribution < -0.4 is 10.5 Å². The summed E-state index contributed by atoms with van der Waals surface area (Å²) in [5, 5.41) is 13.8. The summed E-state index contributed by atoms with van der Waals surface area (Å²) in [4.78, 5) is 42.2. The average molecular weight is 433 g/mol. The normalized spacial score (nSPS) is 19.4. The van der Waals surface area contributed by atoms with Crippen LogP contribution in [0.4, 0.5) is 0 Å². The Labute approximate surface area is 172 Å². The third-order valence-corrected chi connectivity index (χ3v) is 6.69. The van der Waals surface area contributed by atoms with Gasteiger partial charge in [0.2, 0.25) is 11.1 Å². The second-order valence-corrected chi connectivity index (χ2v) is 8.66. The maximum absolute atomic E-state index is 13.1. The molecule has 13 heteroatoms. The second-order valence-electron chi connectivity index (χ2n) is 6.19. The van der Waals surface area contributed by atoms with E-state index in [1.807, 2.05) is 6.92 Å². The van der Waals surface area contributed by atoms with Gasteiger partial charge in [0.15, 0.2) is 0 Å². The molecule has 2 aliphatic rings. The number of nitrogens with one attached hydrogen (secondary N) is 1. The van der Waals surface area contributed by atoms with Crippen molar-refractivity contribution in [2.24, 2.45) is 5.73 Å². The van der Waals surface area contributed by atoms with Gasteiger partial charge in [0, 0.05) is 29.5 Å². The number of esters is 1. The lowest BCUT2D eigenvalue weighted by Crippen LogP contribution is -2.55. The van der Waals surface area contributed by atoms with Gasteiger partial charge in [-0.15, -0.1) is 22.0 Å². The molecule has 1 fully saturated rings. The van der Waals surface area contributed by atoms with E-state index in [4.69, 9.17) is 10.5 Å². The summed E-state index contributed by atoms with van der Waals surface area (Å²) >= 11 is 2.88. The molecule has 2 aromatic heterocycles. The van der Waals surface area contributed by atoms with Gasteiger partial charge in [-0.2, -0.15) is 5.21 Å². The molecule has 11 nitrogen and oxygen atoms in total. The molecule has 4 heterocycles. The number of hydrogen-bond donors (Lipinski definition) is 2. The van der Waals surface area contributed by atoms with Crippen LogP contribution in [-0.4, -0.2) is 64.7 Å². The molecule has 1 unspecified atom stereocenters. The first-order valence-electron chi connectivity index (χ1n) is 8.48. The van der Waals surface area contributed by atoms with Crippen molar-refractivity contribution in [3.05, 3.63) is 35.3 Å². The van der Waals surface area contributed by atoms with E-state index in [1.165, 1.54) is 35.1 Å². The van der Waals surface area contributed by atoms with Gasteiger partial charge in [-0.1, -0.05) is 11.8 Å². The van der Waals surface area contributed by atoms with E-state index >= 15 is 0 Å². The lowest BCUT2D eigenvalue weighted by molar-refractivity contribution is -0.145. The smallest absolute Gasteiger partial charge is 0.360 e. The molecule has 0 radical (unpaired) electrons. The van der Waals surface area contributed by atoms with Gasteiger partial charge in [0.1, 0.15) is 17.0 Å². The summed E-state index contributed by atoms with van der Waals surface area (Å²) in [6.07, 6.45) is 2.97. The number of nitrogens with zero attached hydrogens (tertiary/aromatic N) is 5. The van der Waals surface area contributed by atoms with Crippen molar-refractivity contribution in [3.8, 4) is 5.75 Å². The van der Waals surface area contributed by atoms with Gasteiger partial charge < -0.3 is 10.5 Å². The van der Waals surface area contributed by atoms with E-state index in [0.717, 1.165) is 0 Å². The maximum Gasteiger partial charge on any atom is 0.360 e. The largest absolute Gasteiger partial charge is 0.421 e. The molecule has 0 saturated carbocycles. The van der Waals surface area contributed by atoms with Crippen LogP contribution in [0, 0.1) is 0 Å². The number of thioether (sulfide) groups is 2. The molecular formula is C16H15N7O4S2. The summed E-state index contributed by atoms with van der Waals surface area (Å²) in [6, 6.07) is 1.38. The van der Waals surface area contributed by atoms with E-state index in [9.17, 15) is 14.4 Å². The Balaban J connectivity index is 1.67. The molecule has 2 aliphatic heterocycles. The maximum atomic E-state index is 13.1. The minimum Gasteiger partial charge on any atom is -0.421 e. The molecule has 0 aromatic carbocycles. The van der Waals surface area contributed by atoms with Crippen LogP contribution >= 0.6 is 23.5 Å². The van der Waals surface area contributed by atoms with Crippen LogP contribution in [0.5, 0.6) is 5.75 Å². The summed E-state index contributed by atoms with van der Waals surface area (Å²) in [5.74, 6) is -1.12. The Morgan fingerprint density at radius 1 is 1.48 bits per heavy atom. The van der Waals surface area contributed by atoms with Crippen LogP contribution in [0.15, 0.2) is 34.9 Å². The second kappa shape index (κ2) is 7.83. The number of hydrogen-bond acceptors (Lipinski definition) is 10. The highest BCUT2D eigenvalue weighted by Crippen LogP contribution is 2.43. The first-order chi connectivity index (χ1) is 14.0. The highest BCUT2D eigenvalue weighted by atomic mass is 32.2. The number of ether oxygens (including phenoxy) is 1. The van der Waals surface area contributed by atoms with Gasteiger partial charge in [-0.05, 0) is 17.7 Å². The number of carbonyl (C=O) groups excluding carboxylic acids is 3. The standard InChI is InChI=1S/C16H15N7O4S2/c1-7(29-16-19-21-22-20-16)9-6-28-12-4-11(24)23(12)13(9)15(26)27-10-2-3-18-5-8(10)14(17)25/h2-3,5,7,12H,4,6H2,1H3,(H2,17,25)(H,19,20,21,22)/t7?,12-/m0/s1. The topological polar surface area (TPSA) is 157 Å². The predicted octanol–water partition coefficient (Wildman–Crippen LogP) is 0.339. The van der Waals surface area contributed by atoms with Crippen molar-refractivity contribution in [1.29, 1.82) is 0 Å². The fourth-order valence-electron chi connectivity index (χ4n) is 2.97. The molecular weight excluding hydrogens is 418 g/mol. The zero-order chi connectivity index (χ0) is 20.5. The molecule has 29 heavy (non-hydrogen) atoms. The third kappa shape index (κ3) is 3.70. The molecule has 1 saturated heterocycles. The molecule has 150 valence electrons. The van der Waals surface area contributed by atoms with Crippen molar-refractivity contribution in [1.82, 2.24) is 30.5 Å². The Hall–Kier alpha value is -2.93. The number of fused-ring (bicyclic) bond motifs is 1. The van der Waals surface area contributed by atoms with Crippen molar-refractivity contribution < 1.29 is 19.1 Å². The number of pyridine rings is 1. The van der Waals surface area contributed by atoms with Gasteiger partial charge in [0.25, 0.3) is 5.91 Å². The van der Waals surface area contributed by atoms with Gasteiger partial charge >= 0.3 is 5.97 Å². The fourth-order valence-corrected chi connectivity index (χ4v) is 5.31. The molecule has 2 amide bonds. The molecule has 0 bridgehead atoms. The van der Waals surface area contributed by atoms with E-state index in [1.54, 1.807) is 11.8 Å². The van der Waals surface area contributed by atoms with Crippen LogP contribution in [0.25, 0.3) is 0 Å². The number of rotatable bonds is 6. The number of β-lactam (4-membered cyclic amide) rings is 1. The Morgan fingerprint density at radius 2 is 2.31 bits per heavy atom. The van der Waals surface area contributed by atoms with Gasteiger partial charge in [0.05, 0.1) is 11.8 Å². The number of tetrazole rings is 1. The van der Waals surface area contributed by atoms with Crippen molar-refractivity contribution >= 4 is 41.3 Å². The first kappa shape index (κ1) is 19.4. The highest BCUT2D eigenvalue weighted by molar-refractivity contribution is 8.01. The number of H-pyrrole nitrogens is 1. The molecule has 4 rings (SSSR count). The Bertz CT molecular complexity index is 1010. The Morgan fingerprint density at radius 3 is 3.00 bits per heavy atom. The lowest BCUT2D eigenvalue weighted by atomic mass is 10.1. The molecule has 2 aromatic rings. The fraction of sp³-hybridized carbons (Fsp3) is 0.312. The van der Waals surface area contributed by atoms with Gasteiger partial charge in [-0.25, -0.2) is 4.79 Å². The molecule has 0 aliphatic carbocycles. The van der Waals surface area contributed by atoms with Crippen molar-refractivity contribution in [3.63, 3.8) is 0 Å². The number of aromatic nitrogens is 5. The zero-order valence-electron chi connectivity index (χ0n) is 15.1. The summed E-state index contributed by atoms with van der Waals surface area (Å²) in [5.41, 5.74) is 6.20. The predicted molar refractivity (Wildman–Crippen MR) is 103 cm³/mol. The number of carbonyl (C=O) groups is 3. The minimum atomic E-state index is -0.770. The summed E-state index contributed by atoms with van der Waals surface area (Å²) in [6.45, 7) is 1.88. The number of amides is 2. The van der Waals surface area contributed by atoms with Gasteiger partial charge in [-0.3, -0.25) is 19.5 Å². The van der Waals surface area contributed by atoms with E-state index in [0.29, 0.717) is 22.9 Å². The molecule has 2 atom stereocenters. The molecule has 3 N–H and O–H groups in total. The first-order valence-corrected chi connectivity index (χ1v) is 10.4. The zero-order valence-corrected chi connectivity index (χ0v) is 16.7. The van der Waals surface area contributed by atoms with Crippen LogP contribution in [0.3, 0.4) is 0 Å². The Kier molecular flexibility index (Phi) is 5.24. The SMILES string of the molecule is CC(Sc1nn[nH]n1)C1=C(C(=O)Oc2ccncc2C(N)=O)N2C(=O)C[C@@H]2SC1. The lowest BCUT2D eigenvalue weighted by Gasteiger charge is -2.45.